The molecule has 0 bridgehead atoms. The zero-order valence-electron chi connectivity index (χ0n) is 10.8. The Labute approximate surface area is 128 Å². The van der Waals surface area contributed by atoms with Crippen LogP contribution in [0.2, 0.25) is 5.02 Å². The van der Waals surface area contributed by atoms with Crippen molar-refractivity contribution in [2.75, 3.05) is 10.9 Å². The Morgan fingerprint density at radius 3 is 2.80 bits per heavy atom. The number of aromatic nitrogens is 1. The number of ether oxygens (including phenoxy) is 1. The van der Waals surface area contributed by atoms with Crippen LogP contribution in [0.25, 0.3) is 0 Å². The summed E-state index contributed by atoms with van der Waals surface area (Å²) in [5, 5.41) is 0.688. The van der Waals surface area contributed by atoms with Crippen LogP contribution in [0.4, 0.5) is 5.69 Å². The molecule has 1 heterocycles. The van der Waals surface area contributed by atoms with Gasteiger partial charge in [0.05, 0.1) is 0 Å². The topological polar surface area (TPSA) is 51.2 Å². The second kappa shape index (κ2) is 7.29. The van der Waals surface area contributed by atoms with Crippen LogP contribution in [0, 0.1) is 0 Å². The van der Waals surface area contributed by atoms with E-state index in [4.69, 9.17) is 16.3 Å². The number of benzene rings is 1. The number of hydrogen-bond acceptors (Lipinski definition) is 4. The average molecular weight is 356 g/mol. The third-order valence-corrected chi connectivity index (χ3v) is 4.43. The molecule has 0 saturated heterocycles. The summed E-state index contributed by atoms with van der Waals surface area (Å²) in [7, 11) is 0. The average Bonchev–Trinajstić information content (AvgIpc) is 2.47. The first-order valence-electron chi connectivity index (χ1n) is 6.01. The molecule has 2 aromatic rings. The van der Waals surface area contributed by atoms with Crippen molar-refractivity contribution in [1.82, 2.24) is 4.98 Å². The van der Waals surface area contributed by atoms with Crippen LogP contribution in [0.15, 0.2) is 42.6 Å². The van der Waals surface area contributed by atoms with Gasteiger partial charge >= 0.3 is 129 Å². The van der Waals surface area contributed by atoms with Crippen molar-refractivity contribution in [1.29, 1.82) is 0 Å². The van der Waals surface area contributed by atoms with E-state index in [-0.39, 0.29) is 21.1 Å². The van der Waals surface area contributed by atoms with Gasteiger partial charge in [-0.1, -0.05) is 0 Å². The standard InChI is InChI=1S/C14H13ClN2O2Se/c1-2-19-14(18)12-4-3-9-16-13(12)20-17-11-7-5-10(15)6-8-11/h3-9,17H,2H2,1H3. The van der Waals surface area contributed by atoms with Gasteiger partial charge in [-0.2, -0.15) is 0 Å². The van der Waals surface area contributed by atoms with Crippen molar-refractivity contribution in [2.45, 2.75) is 6.92 Å². The van der Waals surface area contributed by atoms with Crippen LogP contribution in [0.5, 0.6) is 0 Å². The van der Waals surface area contributed by atoms with Crippen LogP contribution in [0.3, 0.4) is 0 Å². The molecule has 1 aromatic heterocycles. The van der Waals surface area contributed by atoms with Gasteiger partial charge < -0.3 is 0 Å². The molecule has 2 rings (SSSR count). The minimum absolute atomic E-state index is 0.169. The molecule has 0 aliphatic carbocycles. The molecule has 1 N–H and O–H groups in total. The van der Waals surface area contributed by atoms with Crippen molar-refractivity contribution in [3.05, 3.63) is 53.2 Å². The van der Waals surface area contributed by atoms with E-state index in [1.165, 1.54) is 0 Å². The summed E-state index contributed by atoms with van der Waals surface area (Å²) in [6, 6.07) is 10.9. The Balaban J connectivity index is 2.09. The number of carbonyl (C=O) groups is 1. The predicted octanol–water partition coefficient (Wildman–Crippen LogP) is 2.27. The van der Waals surface area contributed by atoms with Crippen LogP contribution in [-0.4, -0.2) is 32.7 Å². The van der Waals surface area contributed by atoms with Crippen LogP contribution >= 0.6 is 11.6 Å². The molecule has 0 aliphatic heterocycles. The summed E-state index contributed by atoms with van der Waals surface area (Å²) in [6.07, 6.45) is 1.67. The van der Waals surface area contributed by atoms with E-state index in [0.717, 1.165) is 5.69 Å². The van der Waals surface area contributed by atoms with Crippen molar-refractivity contribution in [3.63, 3.8) is 0 Å². The van der Waals surface area contributed by atoms with E-state index in [9.17, 15) is 4.79 Å². The van der Waals surface area contributed by atoms with Crippen molar-refractivity contribution in [2.24, 2.45) is 0 Å². The monoisotopic (exact) mass is 356 g/mol. The maximum absolute atomic E-state index is 11.8. The van der Waals surface area contributed by atoms with Crippen LogP contribution in [0.1, 0.15) is 17.3 Å². The van der Waals surface area contributed by atoms with E-state index in [1.807, 2.05) is 24.3 Å². The molecule has 4 nitrogen and oxygen atoms in total. The van der Waals surface area contributed by atoms with Crippen LogP contribution in [-0.2, 0) is 4.74 Å². The normalized spacial score (nSPS) is 10.1. The third-order valence-electron chi connectivity index (χ3n) is 2.38. The van der Waals surface area contributed by atoms with Gasteiger partial charge in [-0.25, -0.2) is 0 Å². The Hall–Kier alpha value is -1.55. The fourth-order valence-electron chi connectivity index (χ4n) is 1.46. The molecule has 0 unspecified atom stereocenters. The molecule has 20 heavy (non-hydrogen) atoms. The first-order valence-corrected chi connectivity index (χ1v) is 8.10. The number of anilines is 1. The number of nitrogens with one attached hydrogen (secondary N) is 1. The van der Waals surface area contributed by atoms with Gasteiger partial charge in [0.15, 0.2) is 0 Å². The molecule has 0 radical (unpaired) electrons. The van der Waals surface area contributed by atoms with Gasteiger partial charge in [0.25, 0.3) is 0 Å². The van der Waals surface area contributed by atoms with Gasteiger partial charge in [-0.15, -0.1) is 0 Å². The van der Waals surface area contributed by atoms with Gasteiger partial charge in [0.2, 0.25) is 0 Å². The number of carbonyl (C=O) groups excluding carboxylic acids is 1. The van der Waals surface area contributed by atoms with Gasteiger partial charge in [0, 0.05) is 0 Å². The van der Waals surface area contributed by atoms with E-state index in [1.54, 1.807) is 25.3 Å². The zero-order chi connectivity index (χ0) is 14.4. The van der Waals surface area contributed by atoms with Gasteiger partial charge in [-0.3, -0.25) is 0 Å². The predicted molar refractivity (Wildman–Crippen MR) is 80.7 cm³/mol. The second-order valence-electron chi connectivity index (χ2n) is 3.79. The molecule has 0 aliphatic rings. The molecule has 104 valence electrons. The minimum atomic E-state index is -0.338. The molecular formula is C14H13ClN2O2Se. The van der Waals surface area contributed by atoms with Gasteiger partial charge in [0.1, 0.15) is 0 Å². The number of esters is 1. The summed E-state index contributed by atoms with van der Waals surface area (Å²) in [5.41, 5.74) is 1.45. The fraction of sp³-hybridized carbons (Fsp3) is 0.143. The summed E-state index contributed by atoms with van der Waals surface area (Å²) < 4.78 is 9.00. The first kappa shape index (κ1) is 14.9. The Kier molecular flexibility index (Phi) is 5.41. The number of hydrogen-bond donors (Lipinski definition) is 1. The van der Waals surface area contributed by atoms with Crippen LogP contribution < -0.4 is 8.93 Å². The second-order valence-corrected chi connectivity index (χ2v) is 5.89. The zero-order valence-corrected chi connectivity index (χ0v) is 13.3. The van der Waals surface area contributed by atoms with E-state index in [0.29, 0.717) is 21.8 Å². The maximum atomic E-state index is 11.8. The van der Waals surface area contributed by atoms with Crippen molar-refractivity contribution < 1.29 is 9.53 Å². The summed E-state index contributed by atoms with van der Waals surface area (Å²) in [4.78, 5) is 16.1. The molecule has 0 amide bonds. The fourth-order valence-corrected chi connectivity index (χ4v) is 3.11. The number of rotatable bonds is 5. The summed E-state index contributed by atoms with van der Waals surface area (Å²) >= 11 is 5.66. The number of halogens is 1. The first-order chi connectivity index (χ1) is 9.70. The molecule has 6 heteroatoms. The molecular weight excluding hydrogens is 343 g/mol. The Morgan fingerprint density at radius 1 is 1.35 bits per heavy atom. The van der Waals surface area contributed by atoms with Gasteiger partial charge in [-0.05, 0) is 0 Å². The molecule has 0 spiro atoms. The quantitative estimate of drug-likeness (QED) is 0.660. The molecule has 0 fully saturated rings. The summed E-state index contributed by atoms with van der Waals surface area (Å²) in [5.74, 6) is -0.338. The van der Waals surface area contributed by atoms with Crippen molar-refractivity contribution in [3.8, 4) is 0 Å². The molecule has 0 saturated carbocycles. The van der Waals surface area contributed by atoms with E-state index < -0.39 is 0 Å². The SMILES string of the molecule is CCOC(=O)c1cccnc1[Se]Nc1ccc(Cl)cc1. The number of pyridine rings is 1. The Morgan fingerprint density at radius 2 is 2.10 bits per heavy atom. The van der Waals surface area contributed by atoms with E-state index >= 15 is 0 Å². The number of nitrogens with zero attached hydrogens (tertiary/aromatic N) is 1. The molecule has 0 atom stereocenters. The third kappa shape index (κ3) is 3.97. The summed E-state index contributed by atoms with van der Waals surface area (Å²) in [6.45, 7) is 2.13. The molecule has 1 aromatic carbocycles. The van der Waals surface area contributed by atoms with Crippen molar-refractivity contribution >= 4 is 43.0 Å². The Bertz CT molecular complexity index is 590. The van der Waals surface area contributed by atoms with E-state index in [2.05, 4.69) is 9.32 Å².